The van der Waals surface area contributed by atoms with Crippen LogP contribution in [0.5, 0.6) is 5.75 Å². The van der Waals surface area contributed by atoms with Gasteiger partial charge in [-0.15, -0.1) is 0 Å². The van der Waals surface area contributed by atoms with E-state index < -0.39 is 12.1 Å². The van der Waals surface area contributed by atoms with Crippen molar-refractivity contribution in [2.24, 2.45) is 0 Å². The highest BCUT2D eigenvalue weighted by atomic mass is 19.1. The fraction of sp³-hybridized carbons (Fsp3) is 0.375. The van der Waals surface area contributed by atoms with Crippen molar-refractivity contribution in [2.75, 3.05) is 6.67 Å². The smallest absolute Gasteiger partial charge is 0.223 e. The van der Waals surface area contributed by atoms with Gasteiger partial charge >= 0.3 is 0 Å². The summed E-state index contributed by atoms with van der Waals surface area (Å²) in [6.45, 7) is 1.23. The molecule has 1 aromatic heterocycles. The fourth-order valence-corrected chi connectivity index (χ4v) is 0.996. The average Bonchev–Trinajstić information content (AvgIpc) is 2.07. The Bertz CT molecular complexity index is 332. The van der Waals surface area contributed by atoms with Crippen molar-refractivity contribution in [2.45, 2.75) is 13.5 Å². The molecule has 0 unspecified atom stereocenters. The van der Waals surface area contributed by atoms with Crippen molar-refractivity contribution in [1.82, 2.24) is 4.57 Å². The predicted molar refractivity (Wildman–Crippen MR) is 43.1 cm³/mol. The minimum atomic E-state index is -0.511. The van der Waals surface area contributed by atoms with Crippen LogP contribution in [0.4, 0.5) is 4.39 Å². The summed E-state index contributed by atoms with van der Waals surface area (Å²) in [6, 6.07) is 1.22. The zero-order valence-corrected chi connectivity index (χ0v) is 6.75. The van der Waals surface area contributed by atoms with Crippen molar-refractivity contribution < 1.29 is 9.50 Å². The number of pyridine rings is 1. The predicted octanol–water partition coefficient (Wildman–Crippen LogP) is 0.832. The summed E-state index contributed by atoms with van der Waals surface area (Å²) in [5, 5.41) is 9.16. The lowest BCUT2D eigenvalue weighted by atomic mass is 10.3. The quantitative estimate of drug-likeness (QED) is 0.716. The van der Waals surface area contributed by atoms with Gasteiger partial charge < -0.3 is 9.67 Å². The first-order valence-corrected chi connectivity index (χ1v) is 3.62. The van der Waals surface area contributed by atoms with Gasteiger partial charge in [-0.25, -0.2) is 4.39 Å². The highest BCUT2D eigenvalue weighted by Gasteiger charge is 2.03. The second-order valence-electron chi connectivity index (χ2n) is 2.50. The zero-order valence-electron chi connectivity index (χ0n) is 6.75. The molecule has 0 saturated heterocycles. The van der Waals surface area contributed by atoms with Crippen LogP contribution in [-0.2, 0) is 6.54 Å². The molecular formula is C8H10FNO2. The molecule has 3 nitrogen and oxygen atoms in total. The molecule has 4 heteroatoms. The molecule has 0 bridgehead atoms. The van der Waals surface area contributed by atoms with Crippen LogP contribution in [0.3, 0.4) is 0 Å². The van der Waals surface area contributed by atoms with Crippen LogP contribution in [0.25, 0.3) is 0 Å². The van der Waals surface area contributed by atoms with Crippen molar-refractivity contribution in [3.05, 3.63) is 28.2 Å². The Labute approximate surface area is 69.1 Å². The Balaban J connectivity index is 3.17. The molecule has 1 aromatic rings. The molecule has 1 rings (SSSR count). The summed E-state index contributed by atoms with van der Waals surface area (Å²) >= 11 is 0. The van der Waals surface area contributed by atoms with Gasteiger partial charge in [0, 0.05) is 12.3 Å². The summed E-state index contributed by atoms with van der Waals surface area (Å²) < 4.78 is 13.4. The zero-order chi connectivity index (χ0) is 9.14. The number of alkyl halides is 1. The lowest BCUT2D eigenvalue weighted by molar-refractivity contribution is 0.422. The van der Waals surface area contributed by atoms with Gasteiger partial charge in [0.1, 0.15) is 6.67 Å². The topological polar surface area (TPSA) is 42.2 Å². The number of halogens is 1. The first-order valence-electron chi connectivity index (χ1n) is 3.62. The number of nitrogens with zero attached hydrogens (tertiary/aromatic N) is 1. The van der Waals surface area contributed by atoms with E-state index in [-0.39, 0.29) is 12.3 Å². The molecule has 1 N–H and O–H groups in total. The maximum Gasteiger partial charge on any atom is 0.223 e. The third-order valence-electron chi connectivity index (χ3n) is 1.74. The van der Waals surface area contributed by atoms with Gasteiger partial charge in [-0.2, -0.15) is 0 Å². The van der Waals surface area contributed by atoms with E-state index in [9.17, 15) is 9.18 Å². The third kappa shape index (κ3) is 1.47. The van der Waals surface area contributed by atoms with E-state index in [2.05, 4.69) is 0 Å². The van der Waals surface area contributed by atoms with Gasteiger partial charge in [-0.05, 0) is 6.92 Å². The van der Waals surface area contributed by atoms with Crippen LogP contribution < -0.4 is 5.43 Å². The summed E-state index contributed by atoms with van der Waals surface area (Å²) in [5.41, 5.74) is -0.0252. The first kappa shape index (κ1) is 8.77. The number of aromatic hydroxyl groups is 1. The van der Waals surface area contributed by atoms with Gasteiger partial charge in [0.25, 0.3) is 0 Å². The van der Waals surface area contributed by atoms with E-state index in [0.29, 0.717) is 5.69 Å². The van der Waals surface area contributed by atoms with E-state index in [1.54, 1.807) is 6.92 Å². The summed E-state index contributed by atoms with van der Waals surface area (Å²) in [6.07, 6.45) is 1.47. The summed E-state index contributed by atoms with van der Waals surface area (Å²) in [7, 11) is 0. The number of rotatable bonds is 2. The molecule has 66 valence electrons. The largest absolute Gasteiger partial charge is 0.503 e. The molecule has 0 atom stereocenters. The first-order chi connectivity index (χ1) is 5.66. The lowest BCUT2D eigenvalue weighted by Crippen LogP contribution is -2.10. The van der Waals surface area contributed by atoms with E-state index in [0.717, 1.165) is 0 Å². The molecule has 0 spiro atoms. The highest BCUT2D eigenvalue weighted by molar-refractivity contribution is 5.25. The van der Waals surface area contributed by atoms with E-state index >= 15 is 0 Å². The second kappa shape index (κ2) is 3.38. The molecule has 12 heavy (non-hydrogen) atoms. The van der Waals surface area contributed by atoms with Gasteiger partial charge in [0.2, 0.25) is 5.43 Å². The molecule has 0 aromatic carbocycles. The lowest BCUT2D eigenvalue weighted by Gasteiger charge is -2.08. The van der Waals surface area contributed by atoms with Crippen molar-refractivity contribution in [1.29, 1.82) is 0 Å². The molecule has 0 amide bonds. The maximum absolute atomic E-state index is 11.9. The molecule has 0 aliphatic carbocycles. The normalized spacial score (nSPS) is 10.2. The van der Waals surface area contributed by atoms with Crippen LogP contribution in [0.1, 0.15) is 5.69 Å². The van der Waals surface area contributed by atoms with Gasteiger partial charge in [-0.3, -0.25) is 4.79 Å². The maximum atomic E-state index is 11.9. The monoisotopic (exact) mass is 171 g/mol. The Kier molecular flexibility index (Phi) is 2.47. The van der Waals surface area contributed by atoms with E-state index in [1.165, 1.54) is 16.8 Å². The molecule has 0 aliphatic rings. The molecule has 0 fully saturated rings. The SMILES string of the molecule is Cc1c(O)c(=O)ccn1CCF. The minimum absolute atomic E-state index is 0.166. The summed E-state index contributed by atoms with van der Waals surface area (Å²) in [4.78, 5) is 10.8. The number of aryl methyl sites for hydroxylation is 1. The van der Waals surface area contributed by atoms with Gasteiger partial charge in [0.05, 0.1) is 12.2 Å². The van der Waals surface area contributed by atoms with Crippen molar-refractivity contribution in [3.8, 4) is 5.75 Å². The van der Waals surface area contributed by atoms with Crippen molar-refractivity contribution in [3.63, 3.8) is 0 Å². The Morgan fingerprint density at radius 1 is 1.67 bits per heavy atom. The van der Waals surface area contributed by atoms with Gasteiger partial charge in [0.15, 0.2) is 5.75 Å². The number of hydrogen-bond donors (Lipinski definition) is 1. The van der Waals surface area contributed by atoms with Crippen LogP contribution in [0, 0.1) is 6.92 Å². The van der Waals surface area contributed by atoms with E-state index in [1.807, 2.05) is 0 Å². The molecule has 0 radical (unpaired) electrons. The summed E-state index contributed by atoms with van der Waals surface area (Å²) in [5.74, 6) is -0.300. The third-order valence-corrected chi connectivity index (χ3v) is 1.74. The molecular weight excluding hydrogens is 161 g/mol. The Morgan fingerprint density at radius 3 is 2.92 bits per heavy atom. The van der Waals surface area contributed by atoms with Crippen LogP contribution in [0.15, 0.2) is 17.1 Å². The van der Waals surface area contributed by atoms with Gasteiger partial charge in [-0.1, -0.05) is 0 Å². The molecule has 0 aliphatic heterocycles. The van der Waals surface area contributed by atoms with Crippen LogP contribution in [0.2, 0.25) is 0 Å². The number of aromatic nitrogens is 1. The molecule has 1 heterocycles. The van der Waals surface area contributed by atoms with Crippen LogP contribution in [-0.4, -0.2) is 16.3 Å². The van der Waals surface area contributed by atoms with E-state index in [4.69, 9.17) is 5.11 Å². The number of hydrogen-bond acceptors (Lipinski definition) is 2. The average molecular weight is 171 g/mol. The molecule has 0 saturated carbocycles. The minimum Gasteiger partial charge on any atom is -0.503 e. The second-order valence-corrected chi connectivity index (χ2v) is 2.50. The standard InChI is InChI=1S/C8H10FNO2/c1-6-8(12)7(11)2-4-10(6)5-3-9/h2,4,12H,3,5H2,1H3. The fourth-order valence-electron chi connectivity index (χ4n) is 0.996. The van der Waals surface area contributed by atoms with Crippen molar-refractivity contribution >= 4 is 0 Å². The highest BCUT2D eigenvalue weighted by Crippen LogP contribution is 2.08. The Hall–Kier alpha value is -1.32. The van der Waals surface area contributed by atoms with Crippen LogP contribution >= 0.6 is 0 Å². The Morgan fingerprint density at radius 2 is 2.33 bits per heavy atom.